The molecule has 0 radical (unpaired) electrons. The van der Waals surface area contributed by atoms with Crippen molar-refractivity contribution in [1.29, 1.82) is 0 Å². The highest BCUT2D eigenvalue weighted by molar-refractivity contribution is 5.99. The normalized spacial score (nSPS) is 14.8. The van der Waals surface area contributed by atoms with E-state index in [0.29, 0.717) is 17.8 Å². The molecule has 2 heterocycles. The molecule has 1 saturated heterocycles. The smallest absolute Gasteiger partial charge is 0.256 e. The van der Waals surface area contributed by atoms with Crippen molar-refractivity contribution in [1.82, 2.24) is 15.4 Å². The number of hydrogen-bond donors (Lipinski definition) is 1. The van der Waals surface area contributed by atoms with Crippen molar-refractivity contribution in [2.45, 2.75) is 0 Å². The molecule has 0 aliphatic carbocycles. The minimum Gasteiger partial charge on any atom is -0.369 e. The molecular weight excluding hydrogens is 352 g/mol. The molecule has 28 heavy (non-hydrogen) atoms. The summed E-state index contributed by atoms with van der Waals surface area (Å²) in [6, 6.07) is 20.1. The third-order valence-electron chi connectivity index (χ3n) is 5.07. The van der Waals surface area contributed by atoms with Crippen LogP contribution in [0.5, 0.6) is 0 Å². The van der Waals surface area contributed by atoms with Gasteiger partial charge in [0.2, 0.25) is 0 Å². The van der Waals surface area contributed by atoms with E-state index in [-0.39, 0.29) is 5.91 Å². The number of hydrogen-bond acceptors (Lipinski definition) is 5. The van der Waals surface area contributed by atoms with Crippen molar-refractivity contribution < 1.29 is 9.32 Å². The number of rotatable bonds is 6. The van der Waals surface area contributed by atoms with Crippen LogP contribution < -0.4 is 10.2 Å². The molecule has 1 aliphatic heterocycles. The molecule has 2 aromatic carbocycles. The second kappa shape index (κ2) is 8.71. The van der Waals surface area contributed by atoms with Gasteiger partial charge in [0.25, 0.3) is 5.91 Å². The van der Waals surface area contributed by atoms with Gasteiger partial charge in [-0.15, -0.1) is 0 Å². The van der Waals surface area contributed by atoms with E-state index >= 15 is 0 Å². The lowest BCUT2D eigenvalue weighted by Gasteiger charge is -2.36. The largest absolute Gasteiger partial charge is 0.369 e. The quantitative estimate of drug-likeness (QED) is 0.717. The summed E-state index contributed by atoms with van der Waals surface area (Å²) in [6.45, 7) is 5.42. The Morgan fingerprint density at radius 1 is 0.964 bits per heavy atom. The zero-order valence-corrected chi connectivity index (χ0v) is 15.8. The number of amides is 1. The fourth-order valence-electron chi connectivity index (χ4n) is 3.49. The standard InChI is InChI=1S/C22H24N4O2/c27-22(20-17-28-24-21(20)18-7-3-1-4-8-18)23-11-12-25-13-15-26(16-14-25)19-9-5-2-6-10-19/h1-10,17H,11-16H2,(H,23,27). The number of para-hydroxylation sites is 1. The number of carbonyl (C=O) groups is 1. The van der Waals surface area contributed by atoms with Gasteiger partial charge in [0, 0.05) is 50.5 Å². The molecule has 144 valence electrons. The van der Waals surface area contributed by atoms with Gasteiger partial charge in [0.15, 0.2) is 0 Å². The summed E-state index contributed by atoms with van der Waals surface area (Å²) in [5.41, 5.74) is 3.20. The molecule has 1 N–H and O–H groups in total. The van der Waals surface area contributed by atoms with E-state index in [1.54, 1.807) is 0 Å². The highest BCUT2D eigenvalue weighted by atomic mass is 16.5. The monoisotopic (exact) mass is 376 g/mol. The van der Waals surface area contributed by atoms with E-state index in [1.165, 1.54) is 12.0 Å². The molecule has 1 fully saturated rings. The van der Waals surface area contributed by atoms with Crippen molar-refractivity contribution in [3.63, 3.8) is 0 Å². The van der Waals surface area contributed by atoms with E-state index in [1.807, 2.05) is 36.4 Å². The molecular formula is C22H24N4O2. The zero-order chi connectivity index (χ0) is 19.2. The van der Waals surface area contributed by atoms with Gasteiger partial charge in [-0.05, 0) is 12.1 Å². The van der Waals surface area contributed by atoms with Crippen LogP contribution in [0.4, 0.5) is 5.69 Å². The number of anilines is 1. The molecule has 0 bridgehead atoms. The second-order valence-electron chi connectivity index (χ2n) is 6.86. The van der Waals surface area contributed by atoms with Gasteiger partial charge < -0.3 is 14.7 Å². The van der Waals surface area contributed by atoms with Crippen LogP contribution in [0.1, 0.15) is 10.4 Å². The van der Waals surface area contributed by atoms with Crippen molar-refractivity contribution in [2.24, 2.45) is 0 Å². The van der Waals surface area contributed by atoms with Gasteiger partial charge in [-0.25, -0.2) is 0 Å². The molecule has 6 nitrogen and oxygen atoms in total. The molecule has 0 spiro atoms. The molecule has 1 aromatic heterocycles. The Bertz CT molecular complexity index is 887. The molecule has 6 heteroatoms. The first-order valence-electron chi connectivity index (χ1n) is 9.61. The van der Waals surface area contributed by atoms with Gasteiger partial charge in [-0.1, -0.05) is 53.7 Å². The molecule has 4 rings (SSSR count). The van der Waals surface area contributed by atoms with Gasteiger partial charge in [-0.2, -0.15) is 0 Å². The molecule has 0 atom stereocenters. The van der Waals surface area contributed by atoms with Crippen molar-refractivity contribution in [3.8, 4) is 11.3 Å². The Balaban J connectivity index is 1.25. The zero-order valence-electron chi connectivity index (χ0n) is 15.8. The van der Waals surface area contributed by atoms with E-state index < -0.39 is 0 Å². The number of nitrogens with one attached hydrogen (secondary N) is 1. The van der Waals surface area contributed by atoms with Gasteiger partial charge in [0.05, 0.1) is 0 Å². The Labute approximate surface area is 164 Å². The lowest BCUT2D eigenvalue weighted by molar-refractivity contribution is 0.0947. The summed E-state index contributed by atoms with van der Waals surface area (Å²) in [7, 11) is 0. The average molecular weight is 376 g/mol. The molecule has 0 unspecified atom stereocenters. The SMILES string of the molecule is O=C(NCCN1CCN(c2ccccc2)CC1)c1conc1-c1ccccc1. The molecule has 1 aliphatic rings. The van der Waals surface area contributed by atoms with Crippen LogP contribution in [-0.4, -0.2) is 55.2 Å². The predicted octanol–water partition coefficient (Wildman–Crippen LogP) is 2.89. The lowest BCUT2D eigenvalue weighted by Crippen LogP contribution is -2.48. The second-order valence-corrected chi connectivity index (χ2v) is 6.86. The first-order valence-corrected chi connectivity index (χ1v) is 9.61. The van der Waals surface area contributed by atoms with Gasteiger partial charge in [0.1, 0.15) is 17.5 Å². The summed E-state index contributed by atoms with van der Waals surface area (Å²) >= 11 is 0. The third kappa shape index (κ3) is 4.23. The van der Waals surface area contributed by atoms with Crippen molar-refractivity contribution >= 4 is 11.6 Å². The van der Waals surface area contributed by atoms with Crippen LogP contribution in [0.25, 0.3) is 11.3 Å². The minimum atomic E-state index is -0.150. The maximum atomic E-state index is 12.5. The summed E-state index contributed by atoms with van der Waals surface area (Å²) < 4.78 is 5.04. The molecule has 3 aromatic rings. The summed E-state index contributed by atoms with van der Waals surface area (Å²) in [5, 5.41) is 6.98. The van der Waals surface area contributed by atoms with Crippen LogP contribution in [0, 0.1) is 0 Å². The fraction of sp³-hybridized carbons (Fsp3) is 0.273. The van der Waals surface area contributed by atoms with Crippen molar-refractivity contribution in [2.75, 3.05) is 44.2 Å². The molecule has 1 amide bonds. The Morgan fingerprint density at radius 3 is 2.36 bits per heavy atom. The number of piperazine rings is 1. The Kier molecular flexibility index (Phi) is 5.68. The topological polar surface area (TPSA) is 61.6 Å². The highest BCUT2D eigenvalue weighted by Crippen LogP contribution is 2.21. The number of nitrogens with zero attached hydrogens (tertiary/aromatic N) is 3. The Morgan fingerprint density at radius 2 is 1.64 bits per heavy atom. The average Bonchev–Trinajstić information content (AvgIpc) is 3.26. The van der Waals surface area contributed by atoms with E-state index in [4.69, 9.17) is 4.52 Å². The van der Waals surface area contributed by atoms with Crippen LogP contribution in [0.15, 0.2) is 71.4 Å². The first-order chi connectivity index (χ1) is 13.8. The fourth-order valence-corrected chi connectivity index (χ4v) is 3.49. The third-order valence-corrected chi connectivity index (χ3v) is 5.07. The summed E-state index contributed by atoms with van der Waals surface area (Å²) in [4.78, 5) is 17.3. The lowest BCUT2D eigenvalue weighted by atomic mass is 10.1. The number of benzene rings is 2. The maximum Gasteiger partial charge on any atom is 0.256 e. The van der Waals surface area contributed by atoms with Gasteiger partial charge >= 0.3 is 0 Å². The minimum absolute atomic E-state index is 0.150. The van der Waals surface area contributed by atoms with Crippen LogP contribution in [-0.2, 0) is 0 Å². The van der Waals surface area contributed by atoms with Crippen LogP contribution in [0.2, 0.25) is 0 Å². The van der Waals surface area contributed by atoms with Gasteiger partial charge in [-0.3, -0.25) is 9.69 Å². The number of aromatic nitrogens is 1. The van der Waals surface area contributed by atoms with Crippen molar-refractivity contribution in [3.05, 3.63) is 72.5 Å². The van der Waals surface area contributed by atoms with E-state index in [0.717, 1.165) is 38.3 Å². The number of carbonyl (C=O) groups excluding carboxylic acids is 1. The Hall–Kier alpha value is -3.12. The summed E-state index contributed by atoms with van der Waals surface area (Å²) in [5.74, 6) is -0.150. The highest BCUT2D eigenvalue weighted by Gasteiger charge is 2.19. The summed E-state index contributed by atoms with van der Waals surface area (Å²) in [6.07, 6.45) is 1.41. The molecule has 0 saturated carbocycles. The van der Waals surface area contributed by atoms with E-state index in [2.05, 4.69) is 44.5 Å². The van der Waals surface area contributed by atoms with Crippen LogP contribution >= 0.6 is 0 Å². The predicted molar refractivity (Wildman–Crippen MR) is 109 cm³/mol. The first kappa shape index (κ1) is 18.3. The van der Waals surface area contributed by atoms with E-state index in [9.17, 15) is 4.79 Å². The maximum absolute atomic E-state index is 12.5. The van der Waals surface area contributed by atoms with Crippen LogP contribution in [0.3, 0.4) is 0 Å².